The monoisotopic (exact) mass is 387 g/mol. The van der Waals surface area contributed by atoms with E-state index >= 15 is 0 Å². The molecule has 0 radical (unpaired) electrons. The molecule has 0 aliphatic carbocycles. The Balaban J connectivity index is 1.51. The molecule has 9 heteroatoms. The molecule has 27 heavy (non-hydrogen) atoms. The van der Waals surface area contributed by atoms with E-state index in [1.807, 2.05) is 0 Å². The van der Waals surface area contributed by atoms with Crippen LogP contribution < -0.4 is 9.46 Å². The van der Waals surface area contributed by atoms with Crippen LogP contribution in [-0.2, 0) is 10.0 Å². The molecule has 2 heterocycles. The summed E-state index contributed by atoms with van der Waals surface area (Å²) in [7, 11) is -3.68. The van der Waals surface area contributed by atoms with Crippen LogP contribution >= 0.6 is 0 Å². The van der Waals surface area contributed by atoms with E-state index in [2.05, 4.69) is 14.9 Å². The van der Waals surface area contributed by atoms with E-state index in [1.54, 1.807) is 30.5 Å². The average Bonchev–Trinajstić information content (AvgIpc) is 3.20. The summed E-state index contributed by atoms with van der Waals surface area (Å²) < 4.78 is 37.5. The van der Waals surface area contributed by atoms with Gasteiger partial charge in [0.15, 0.2) is 11.5 Å². The van der Waals surface area contributed by atoms with E-state index in [4.69, 9.17) is 9.15 Å². The van der Waals surface area contributed by atoms with Crippen LogP contribution in [0.5, 0.6) is 5.88 Å². The minimum Gasteiger partial charge on any atom is -0.475 e. The zero-order chi connectivity index (χ0) is 19.3. The van der Waals surface area contributed by atoms with Crippen molar-refractivity contribution in [2.24, 2.45) is 0 Å². The Bertz CT molecular complexity index is 998. The number of furan rings is 1. The number of benzene rings is 1. The maximum Gasteiger partial charge on any atom is 0.240 e. The Labute approximate surface area is 156 Å². The second kappa shape index (κ2) is 8.11. The smallest absolute Gasteiger partial charge is 0.240 e. The average molecular weight is 387 g/mol. The second-order valence-corrected chi connectivity index (χ2v) is 7.33. The van der Waals surface area contributed by atoms with Crippen molar-refractivity contribution < 1.29 is 22.4 Å². The Morgan fingerprint density at radius 1 is 1.11 bits per heavy atom. The number of ketones is 1. The summed E-state index contributed by atoms with van der Waals surface area (Å²) in [6.07, 6.45) is 1.54. The van der Waals surface area contributed by atoms with Gasteiger partial charge < -0.3 is 9.15 Å². The third-order valence-electron chi connectivity index (χ3n) is 3.63. The van der Waals surface area contributed by atoms with Gasteiger partial charge >= 0.3 is 0 Å². The minimum atomic E-state index is -3.68. The minimum absolute atomic E-state index is 0.0540. The summed E-state index contributed by atoms with van der Waals surface area (Å²) in [5, 5.41) is 7.90. The molecule has 3 rings (SSSR count). The molecule has 2 aromatic heterocycles. The highest BCUT2D eigenvalue weighted by molar-refractivity contribution is 7.89. The third-order valence-corrected chi connectivity index (χ3v) is 5.11. The lowest BCUT2D eigenvalue weighted by Gasteiger charge is -2.08. The van der Waals surface area contributed by atoms with Crippen LogP contribution in [0.2, 0.25) is 0 Å². The van der Waals surface area contributed by atoms with Gasteiger partial charge in [0.05, 0.1) is 11.2 Å². The summed E-state index contributed by atoms with van der Waals surface area (Å²) in [4.78, 5) is 11.3. The van der Waals surface area contributed by atoms with Gasteiger partial charge in [-0.3, -0.25) is 4.79 Å². The highest BCUT2D eigenvalue weighted by Crippen LogP contribution is 2.17. The lowest BCUT2D eigenvalue weighted by molar-refractivity contribution is 0.101. The zero-order valence-electron chi connectivity index (χ0n) is 14.5. The molecule has 1 aromatic carbocycles. The lowest BCUT2D eigenvalue weighted by atomic mass is 10.2. The van der Waals surface area contributed by atoms with Gasteiger partial charge in [0.2, 0.25) is 15.9 Å². The number of nitrogens with one attached hydrogen (secondary N) is 1. The largest absolute Gasteiger partial charge is 0.475 e. The Morgan fingerprint density at radius 3 is 2.48 bits per heavy atom. The molecule has 0 bridgehead atoms. The molecule has 0 aliphatic rings. The molecule has 0 amide bonds. The summed E-state index contributed by atoms with van der Waals surface area (Å²) in [5.74, 6) is 0.743. The van der Waals surface area contributed by atoms with Gasteiger partial charge in [-0.25, -0.2) is 13.1 Å². The summed E-state index contributed by atoms with van der Waals surface area (Å²) in [6.45, 7) is 1.56. The van der Waals surface area contributed by atoms with Gasteiger partial charge in [-0.15, -0.1) is 10.2 Å². The molecule has 8 nitrogen and oxygen atoms in total. The van der Waals surface area contributed by atoms with Gasteiger partial charge in [0.1, 0.15) is 12.3 Å². The van der Waals surface area contributed by atoms with Gasteiger partial charge in [0.25, 0.3) is 0 Å². The van der Waals surface area contributed by atoms with E-state index in [9.17, 15) is 13.2 Å². The SMILES string of the molecule is CC(=O)c1ccc(S(=O)(=O)NCCOc2ccc(-c3ccco3)nn2)cc1. The molecule has 0 fully saturated rings. The maximum absolute atomic E-state index is 12.2. The number of nitrogens with zero attached hydrogens (tertiary/aromatic N) is 2. The van der Waals surface area contributed by atoms with Crippen molar-refractivity contribution in [2.75, 3.05) is 13.2 Å². The van der Waals surface area contributed by atoms with Gasteiger partial charge in [0, 0.05) is 18.2 Å². The lowest BCUT2D eigenvalue weighted by Crippen LogP contribution is -2.28. The van der Waals surface area contributed by atoms with Crippen LogP contribution in [-0.4, -0.2) is 37.6 Å². The number of sulfonamides is 1. The normalized spacial score (nSPS) is 11.3. The van der Waals surface area contributed by atoms with E-state index in [0.29, 0.717) is 17.0 Å². The van der Waals surface area contributed by atoms with Crippen LogP contribution in [0, 0.1) is 0 Å². The van der Waals surface area contributed by atoms with Crippen molar-refractivity contribution in [3.8, 4) is 17.3 Å². The highest BCUT2D eigenvalue weighted by Gasteiger charge is 2.14. The molecule has 0 spiro atoms. The zero-order valence-corrected chi connectivity index (χ0v) is 15.3. The first kappa shape index (κ1) is 18.7. The number of carbonyl (C=O) groups excluding carboxylic acids is 1. The van der Waals surface area contributed by atoms with Crippen LogP contribution in [0.1, 0.15) is 17.3 Å². The molecule has 0 aliphatic heterocycles. The summed E-state index contributed by atoms with van der Waals surface area (Å²) in [6, 6.07) is 12.6. The maximum atomic E-state index is 12.2. The number of hydrogen-bond donors (Lipinski definition) is 1. The predicted molar refractivity (Wildman–Crippen MR) is 96.9 cm³/mol. The molecule has 0 unspecified atom stereocenters. The van der Waals surface area contributed by atoms with E-state index in [0.717, 1.165) is 0 Å². The molecular weight excluding hydrogens is 370 g/mol. The molecule has 0 atom stereocenters. The molecule has 0 saturated heterocycles. The first-order chi connectivity index (χ1) is 13.0. The predicted octanol–water partition coefficient (Wildman–Crippen LogP) is 2.30. The Hall–Kier alpha value is -3.04. The number of hydrogen-bond acceptors (Lipinski definition) is 7. The fourth-order valence-corrected chi connectivity index (χ4v) is 3.25. The van der Waals surface area contributed by atoms with Crippen LogP contribution in [0.15, 0.2) is 64.1 Å². The first-order valence-corrected chi connectivity index (χ1v) is 9.55. The molecule has 140 valence electrons. The molecule has 0 saturated carbocycles. The number of aromatic nitrogens is 2. The third kappa shape index (κ3) is 4.78. The quantitative estimate of drug-likeness (QED) is 0.466. The Morgan fingerprint density at radius 2 is 1.89 bits per heavy atom. The van der Waals surface area contributed by atoms with Crippen molar-refractivity contribution in [1.82, 2.24) is 14.9 Å². The molecule has 3 aromatic rings. The number of Topliss-reactive ketones (excluding diaryl/α,β-unsaturated/α-hetero) is 1. The van der Waals surface area contributed by atoms with Gasteiger partial charge in [-0.1, -0.05) is 12.1 Å². The summed E-state index contributed by atoms with van der Waals surface area (Å²) in [5.41, 5.74) is 1.02. The van der Waals surface area contributed by atoms with E-state index < -0.39 is 10.0 Å². The Kier molecular flexibility index (Phi) is 5.63. The van der Waals surface area contributed by atoms with Crippen molar-refractivity contribution >= 4 is 15.8 Å². The first-order valence-electron chi connectivity index (χ1n) is 8.07. The topological polar surface area (TPSA) is 111 Å². The van der Waals surface area contributed by atoms with Gasteiger partial charge in [-0.2, -0.15) is 0 Å². The highest BCUT2D eigenvalue weighted by atomic mass is 32.2. The van der Waals surface area contributed by atoms with Crippen LogP contribution in [0.25, 0.3) is 11.5 Å². The van der Waals surface area contributed by atoms with Crippen molar-refractivity contribution in [1.29, 1.82) is 0 Å². The summed E-state index contributed by atoms with van der Waals surface area (Å²) >= 11 is 0. The standard InChI is InChI=1S/C18H17N3O5S/c1-13(22)14-4-6-15(7-5-14)27(23,24)19-10-12-26-18-9-8-16(20-21-18)17-3-2-11-25-17/h2-9,11,19H,10,12H2,1H3. The second-order valence-electron chi connectivity index (χ2n) is 5.56. The van der Waals surface area contributed by atoms with E-state index in [1.165, 1.54) is 31.2 Å². The fraction of sp³-hybridized carbons (Fsp3) is 0.167. The molecular formula is C18H17N3O5S. The van der Waals surface area contributed by atoms with E-state index in [-0.39, 0.29) is 29.7 Å². The van der Waals surface area contributed by atoms with Crippen molar-refractivity contribution in [2.45, 2.75) is 11.8 Å². The number of ether oxygens (including phenoxy) is 1. The van der Waals surface area contributed by atoms with Crippen LogP contribution in [0.3, 0.4) is 0 Å². The van der Waals surface area contributed by atoms with Crippen molar-refractivity contribution in [3.63, 3.8) is 0 Å². The van der Waals surface area contributed by atoms with Gasteiger partial charge in [-0.05, 0) is 37.3 Å². The van der Waals surface area contributed by atoms with Crippen LogP contribution in [0.4, 0.5) is 0 Å². The fourth-order valence-electron chi connectivity index (χ4n) is 2.24. The van der Waals surface area contributed by atoms with Crippen molar-refractivity contribution in [3.05, 3.63) is 60.4 Å². The molecule has 1 N–H and O–H groups in total. The number of rotatable bonds is 8. The number of carbonyl (C=O) groups is 1.